The predicted octanol–water partition coefficient (Wildman–Crippen LogP) is 1.72. The molecular formula is C13H23N5. The molecule has 0 aromatic carbocycles. The van der Waals surface area contributed by atoms with Gasteiger partial charge >= 0.3 is 0 Å². The van der Waals surface area contributed by atoms with Crippen molar-refractivity contribution in [3.05, 3.63) is 11.8 Å². The summed E-state index contributed by atoms with van der Waals surface area (Å²) in [5.41, 5.74) is 0.980. The molecule has 1 aliphatic rings. The van der Waals surface area contributed by atoms with Crippen LogP contribution < -0.4 is 10.6 Å². The molecule has 1 aromatic rings. The average molecular weight is 249 g/mol. The monoisotopic (exact) mass is 249 g/mol. The van der Waals surface area contributed by atoms with Crippen LogP contribution in [0.2, 0.25) is 0 Å². The fourth-order valence-electron chi connectivity index (χ4n) is 2.40. The van der Waals surface area contributed by atoms with E-state index in [9.17, 15) is 0 Å². The Morgan fingerprint density at radius 3 is 2.94 bits per heavy atom. The first-order chi connectivity index (χ1) is 8.69. The first kappa shape index (κ1) is 13.1. The highest BCUT2D eigenvalue weighted by atomic mass is 15.2. The van der Waals surface area contributed by atoms with Crippen LogP contribution in [-0.4, -0.2) is 48.1 Å². The highest BCUT2D eigenvalue weighted by Crippen LogP contribution is 2.16. The number of aryl methyl sites for hydroxylation is 1. The third kappa shape index (κ3) is 3.32. The number of nitrogens with zero attached hydrogens (tertiary/aromatic N) is 3. The molecule has 2 N–H and O–H groups in total. The van der Waals surface area contributed by atoms with Crippen molar-refractivity contribution < 1.29 is 0 Å². The van der Waals surface area contributed by atoms with Crippen LogP contribution in [0.5, 0.6) is 0 Å². The Balaban J connectivity index is 1.94. The van der Waals surface area contributed by atoms with E-state index in [-0.39, 0.29) is 0 Å². The minimum Gasteiger partial charge on any atom is -0.368 e. The van der Waals surface area contributed by atoms with Crippen molar-refractivity contribution in [1.29, 1.82) is 0 Å². The van der Waals surface area contributed by atoms with Crippen molar-refractivity contribution in [2.45, 2.75) is 32.2 Å². The lowest BCUT2D eigenvalue weighted by atomic mass is 10.0. The number of anilines is 2. The summed E-state index contributed by atoms with van der Waals surface area (Å²) < 4.78 is 0. The van der Waals surface area contributed by atoms with Crippen molar-refractivity contribution in [2.24, 2.45) is 0 Å². The maximum Gasteiger partial charge on any atom is 0.224 e. The molecule has 1 atom stereocenters. The lowest BCUT2D eigenvalue weighted by Crippen LogP contribution is -2.40. The second kappa shape index (κ2) is 6.00. The van der Waals surface area contributed by atoms with E-state index < -0.39 is 0 Å². The van der Waals surface area contributed by atoms with Gasteiger partial charge in [0.1, 0.15) is 5.82 Å². The number of rotatable bonds is 4. The van der Waals surface area contributed by atoms with Crippen LogP contribution in [0.3, 0.4) is 0 Å². The first-order valence-corrected chi connectivity index (χ1v) is 6.66. The van der Waals surface area contributed by atoms with E-state index in [4.69, 9.17) is 0 Å². The van der Waals surface area contributed by atoms with Gasteiger partial charge in [-0.05, 0) is 33.4 Å². The van der Waals surface area contributed by atoms with Gasteiger partial charge in [-0.25, -0.2) is 4.98 Å². The van der Waals surface area contributed by atoms with Gasteiger partial charge in [-0.15, -0.1) is 0 Å². The van der Waals surface area contributed by atoms with Gasteiger partial charge in [0, 0.05) is 31.4 Å². The van der Waals surface area contributed by atoms with E-state index in [0.29, 0.717) is 12.0 Å². The second-order valence-electron chi connectivity index (χ2n) is 4.98. The number of likely N-dealkylation sites (N-methyl/N-ethyl adjacent to an activating group) is 1. The van der Waals surface area contributed by atoms with E-state index in [0.717, 1.165) is 18.1 Å². The smallest absolute Gasteiger partial charge is 0.224 e. The number of aromatic nitrogens is 2. The quantitative estimate of drug-likeness (QED) is 0.851. The molecule has 0 spiro atoms. The summed E-state index contributed by atoms with van der Waals surface area (Å²) in [4.78, 5) is 11.1. The van der Waals surface area contributed by atoms with Crippen LogP contribution in [0.25, 0.3) is 0 Å². The molecule has 18 heavy (non-hydrogen) atoms. The summed E-state index contributed by atoms with van der Waals surface area (Å²) in [6.45, 7) is 4.15. The Morgan fingerprint density at radius 2 is 2.22 bits per heavy atom. The molecule has 1 saturated heterocycles. The molecule has 0 saturated carbocycles. The topological polar surface area (TPSA) is 53.1 Å². The van der Waals surface area contributed by atoms with Crippen molar-refractivity contribution >= 4 is 11.8 Å². The molecule has 0 bridgehead atoms. The SMILES string of the molecule is CNc1nc(C)cc(NCC2CCCCN2C)n1. The summed E-state index contributed by atoms with van der Waals surface area (Å²) in [5, 5.41) is 6.41. The summed E-state index contributed by atoms with van der Waals surface area (Å²) in [6, 6.07) is 2.61. The maximum absolute atomic E-state index is 4.41. The minimum atomic E-state index is 0.618. The fraction of sp³-hybridized carbons (Fsp3) is 0.692. The van der Waals surface area contributed by atoms with Crippen LogP contribution in [0, 0.1) is 6.92 Å². The van der Waals surface area contributed by atoms with Gasteiger partial charge in [0.25, 0.3) is 0 Å². The summed E-state index contributed by atoms with van der Waals surface area (Å²) in [5.74, 6) is 1.58. The van der Waals surface area contributed by atoms with Gasteiger partial charge in [0.15, 0.2) is 0 Å². The Labute approximate surface area is 109 Å². The number of likely N-dealkylation sites (tertiary alicyclic amines) is 1. The molecule has 5 nitrogen and oxygen atoms in total. The average Bonchev–Trinajstić information content (AvgIpc) is 2.37. The number of nitrogens with one attached hydrogen (secondary N) is 2. The zero-order valence-corrected chi connectivity index (χ0v) is 11.5. The minimum absolute atomic E-state index is 0.618. The zero-order chi connectivity index (χ0) is 13.0. The Bertz CT molecular complexity index is 393. The Morgan fingerprint density at radius 1 is 1.39 bits per heavy atom. The first-order valence-electron chi connectivity index (χ1n) is 6.66. The van der Waals surface area contributed by atoms with Crippen LogP contribution >= 0.6 is 0 Å². The van der Waals surface area contributed by atoms with Crippen LogP contribution in [0.1, 0.15) is 25.0 Å². The molecule has 0 aliphatic carbocycles. The van der Waals surface area contributed by atoms with E-state index >= 15 is 0 Å². The third-order valence-electron chi connectivity index (χ3n) is 3.52. The van der Waals surface area contributed by atoms with Crippen molar-refractivity contribution in [3.63, 3.8) is 0 Å². The van der Waals surface area contributed by atoms with Gasteiger partial charge in [-0.3, -0.25) is 0 Å². The lowest BCUT2D eigenvalue weighted by Gasteiger charge is -2.32. The highest BCUT2D eigenvalue weighted by Gasteiger charge is 2.18. The number of hydrogen-bond acceptors (Lipinski definition) is 5. The van der Waals surface area contributed by atoms with Crippen molar-refractivity contribution in [1.82, 2.24) is 14.9 Å². The zero-order valence-electron chi connectivity index (χ0n) is 11.5. The normalized spacial score (nSPS) is 20.7. The molecule has 100 valence electrons. The predicted molar refractivity (Wildman–Crippen MR) is 75.1 cm³/mol. The van der Waals surface area contributed by atoms with Crippen LogP contribution in [-0.2, 0) is 0 Å². The van der Waals surface area contributed by atoms with Crippen molar-refractivity contribution in [2.75, 3.05) is 37.8 Å². The molecule has 1 aromatic heterocycles. The van der Waals surface area contributed by atoms with Gasteiger partial charge in [0.05, 0.1) is 0 Å². The third-order valence-corrected chi connectivity index (χ3v) is 3.52. The summed E-state index contributed by atoms with van der Waals surface area (Å²) in [6.07, 6.45) is 3.93. The largest absolute Gasteiger partial charge is 0.368 e. The van der Waals surface area contributed by atoms with E-state index in [1.807, 2.05) is 20.0 Å². The molecule has 1 aliphatic heterocycles. The molecule has 5 heteroatoms. The molecule has 0 radical (unpaired) electrons. The standard InChI is InChI=1S/C13H23N5/c1-10-8-12(17-13(14-2)16-10)15-9-11-6-4-5-7-18(11)3/h8,11H,4-7,9H2,1-3H3,(H2,14,15,16,17). The van der Waals surface area contributed by atoms with E-state index in [1.165, 1.54) is 25.8 Å². The molecule has 1 unspecified atom stereocenters. The number of hydrogen-bond donors (Lipinski definition) is 2. The van der Waals surface area contributed by atoms with Gasteiger partial charge in [0.2, 0.25) is 5.95 Å². The van der Waals surface area contributed by atoms with Gasteiger partial charge < -0.3 is 15.5 Å². The fourth-order valence-corrected chi connectivity index (χ4v) is 2.40. The summed E-state index contributed by atoms with van der Waals surface area (Å²) >= 11 is 0. The maximum atomic E-state index is 4.41. The molecule has 2 heterocycles. The summed E-state index contributed by atoms with van der Waals surface area (Å²) in [7, 11) is 4.04. The van der Waals surface area contributed by atoms with Crippen molar-refractivity contribution in [3.8, 4) is 0 Å². The van der Waals surface area contributed by atoms with Gasteiger partial charge in [-0.1, -0.05) is 6.42 Å². The Kier molecular flexibility index (Phi) is 4.36. The molecule has 0 amide bonds. The molecular weight excluding hydrogens is 226 g/mol. The van der Waals surface area contributed by atoms with E-state index in [2.05, 4.69) is 32.5 Å². The van der Waals surface area contributed by atoms with Crippen LogP contribution in [0.4, 0.5) is 11.8 Å². The highest BCUT2D eigenvalue weighted by molar-refractivity contribution is 5.41. The van der Waals surface area contributed by atoms with Crippen LogP contribution in [0.15, 0.2) is 6.07 Å². The molecule has 2 rings (SSSR count). The van der Waals surface area contributed by atoms with E-state index in [1.54, 1.807) is 0 Å². The molecule has 1 fully saturated rings. The second-order valence-corrected chi connectivity index (χ2v) is 4.98. The van der Waals surface area contributed by atoms with Gasteiger partial charge in [-0.2, -0.15) is 4.98 Å². The Hall–Kier alpha value is -1.36. The number of piperidine rings is 1. The lowest BCUT2D eigenvalue weighted by molar-refractivity contribution is 0.194.